The monoisotopic (exact) mass is 264 g/mol. The molecule has 0 radical (unpaired) electrons. The molecule has 0 saturated heterocycles. The van der Waals surface area contributed by atoms with E-state index in [1.54, 1.807) is 7.11 Å². The van der Waals surface area contributed by atoms with Crippen molar-refractivity contribution in [1.82, 2.24) is 10.2 Å². The highest BCUT2D eigenvalue weighted by molar-refractivity contribution is 5.27. The summed E-state index contributed by atoms with van der Waals surface area (Å²) in [5, 5.41) is 3.43. The van der Waals surface area contributed by atoms with Crippen molar-refractivity contribution in [3.05, 3.63) is 29.8 Å². The summed E-state index contributed by atoms with van der Waals surface area (Å²) in [6.07, 6.45) is 1.21. The third kappa shape index (κ3) is 5.21. The fourth-order valence-electron chi connectivity index (χ4n) is 2.28. The third-order valence-corrected chi connectivity index (χ3v) is 3.82. The minimum Gasteiger partial charge on any atom is -0.497 e. The minimum absolute atomic E-state index is 0.549. The molecule has 108 valence electrons. The smallest absolute Gasteiger partial charge is 0.118 e. The standard InChI is InChI=1S/C16H28N2O/c1-6-13(2)16(17-3)12-18(4)11-14-7-9-15(19-5)10-8-14/h7-10,13,16-17H,6,11-12H2,1-5H3. The molecule has 0 amide bonds. The van der Waals surface area contributed by atoms with E-state index in [-0.39, 0.29) is 0 Å². The Labute approximate surface area is 118 Å². The molecule has 0 aromatic heterocycles. The number of benzene rings is 1. The molecule has 0 aliphatic rings. The Kier molecular flexibility index (Phi) is 6.89. The summed E-state index contributed by atoms with van der Waals surface area (Å²) in [4.78, 5) is 2.37. The van der Waals surface area contributed by atoms with Crippen LogP contribution in [0.25, 0.3) is 0 Å². The number of nitrogens with zero attached hydrogens (tertiary/aromatic N) is 1. The van der Waals surface area contributed by atoms with Gasteiger partial charge in [0.05, 0.1) is 7.11 Å². The highest BCUT2D eigenvalue weighted by Crippen LogP contribution is 2.14. The van der Waals surface area contributed by atoms with Gasteiger partial charge in [0.1, 0.15) is 5.75 Å². The summed E-state index contributed by atoms with van der Waals surface area (Å²) in [6.45, 7) is 6.59. The number of hydrogen-bond acceptors (Lipinski definition) is 3. The topological polar surface area (TPSA) is 24.5 Å². The molecule has 1 rings (SSSR count). The lowest BCUT2D eigenvalue weighted by Crippen LogP contribution is -2.41. The van der Waals surface area contributed by atoms with E-state index in [0.29, 0.717) is 12.0 Å². The van der Waals surface area contributed by atoms with E-state index in [4.69, 9.17) is 4.74 Å². The molecule has 0 heterocycles. The predicted octanol–water partition coefficient (Wildman–Crippen LogP) is 2.76. The lowest BCUT2D eigenvalue weighted by molar-refractivity contribution is 0.246. The fourth-order valence-corrected chi connectivity index (χ4v) is 2.28. The minimum atomic E-state index is 0.549. The summed E-state index contributed by atoms with van der Waals surface area (Å²) in [6, 6.07) is 8.86. The number of nitrogens with one attached hydrogen (secondary N) is 1. The quantitative estimate of drug-likeness (QED) is 0.781. The second kappa shape index (κ2) is 8.18. The Hall–Kier alpha value is -1.06. The normalized spacial score (nSPS) is 14.4. The van der Waals surface area contributed by atoms with Crippen LogP contribution in [0.2, 0.25) is 0 Å². The molecule has 2 atom stereocenters. The Morgan fingerprint density at radius 2 is 1.89 bits per heavy atom. The van der Waals surface area contributed by atoms with Gasteiger partial charge in [-0.05, 0) is 37.7 Å². The predicted molar refractivity (Wildman–Crippen MR) is 81.6 cm³/mol. The van der Waals surface area contributed by atoms with Gasteiger partial charge < -0.3 is 15.0 Å². The zero-order chi connectivity index (χ0) is 14.3. The van der Waals surface area contributed by atoms with Crippen molar-refractivity contribution in [3.63, 3.8) is 0 Å². The highest BCUT2D eigenvalue weighted by atomic mass is 16.5. The van der Waals surface area contributed by atoms with E-state index in [9.17, 15) is 0 Å². The zero-order valence-corrected chi connectivity index (χ0v) is 12.9. The first-order valence-electron chi connectivity index (χ1n) is 7.09. The van der Waals surface area contributed by atoms with Gasteiger partial charge in [0.15, 0.2) is 0 Å². The van der Waals surface area contributed by atoms with Crippen LogP contribution in [0.1, 0.15) is 25.8 Å². The van der Waals surface area contributed by atoms with E-state index < -0.39 is 0 Å². The molecule has 0 bridgehead atoms. The molecule has 19 heavy (non-hydrogen) atoms. The Morgan fingerprint density at radius 3 is 2.37 bits per heavy atom. The van der Waals surface area contributed by atoms with Gasteiger partial charge in [-0.15, -0.1) is 0 Å². The lowest BCUT2D eigenvalue weighted by Gasteiger charge is -2.28. The molecule has 0 spiro atoms. The van der Waals surface area contributed by atoms with E-state index in [1.165, 1.54) is 12.0 Å². The van der Waals surface area contributed by atoms with Crippen LogP contribution in [-0.4, -0.2) is 38.7 Å². The van der Waals surface area contributed by atoms with Crippen LogP contribution in [0.5, 0.6) is 5.75 Å². The van der Waals surface area contributed by atoms with Crippen molar-refractivity contribution in [3.8, 4) is 5.75 Å². The second-order valence-corrected chi connectivity index (χ2v) is 5.33. The Morgan fingerprint density at radius 1 is 1.26 bits per heavy atom. The first-order chi connectivity index (χ1) is 9.10. The number of methoxy groups -OCH3 is 1. The van der Waals surface area contributed by atoms with Crippen molar-refractivity contribution < 1.29 is 4.74 Å². The first-order valence-corrected chi connectivity index (χ1v) is 7.09. The molecule has 0 fully saturated rings. The van der Waals surface area contributed by atoms with Crippen molar-refractivity contribution in [1.29, 1.82) is 0 Å². The number of likely N-dealkylation sites (N-methyl/N-ethyl adjacent to an activating group) is 2. The third-order valence-electron chi connectivity index (χ3n) is 3.82. The fraction of sp³-hybridized carbons (Fsp3) is 0.625. The maximum Gasteiger partial charge on any atom is 0.118 e. The van der Waals surface area contributed by atoms with Gasteiger partial charge in [-0.3, -0.25) is 0 Å². The van der Waals surface area contributed by atoms with Crippen LogP contribution in [0.3, 0.4) is 0 Å². The summed E-state index contributed by atoms with van der Waals surface area (Å²) < 4.78 is 5.18. The van der Waals surface area contributed by atoms with Crippen LogP contribution in [0, 0.1) is 5.92 Å². The van der Waals surface area contributed by atoms with Crippen molar-refractivity contribution in [2.45, 2.75) is 32.9 Å². The molecule has 0 saturated carbocycles. The maximum atomic E-state index is 5.18. The molecule has 0 aliphatic heterocycles. The van der Waals surface area contributed by atoms with E-state index >= 15 is 0 Å². The largest absolute Gasteiger partial charge is 0.497 e. The van der Waals surface area contributed by atoms with E-state index in [2.05, 4.69) is 50.3 Å². The second-order valence-electron chi connectivity index (χ2n) is 5.33. The molecule has 0 aliphatic carbocycles. The molecule has 1 aromatic rings. The molecular formula is C16H28N2O. The lowest BCUT2D eigenvalue weighted by atomic mass is 9.99. The molecule has 1 aromatic carbocycles. The van der Waals surface area contributed by atoms with Gasteiger partial charge in [-0.25, -0.2) is 0 Å². The number of hydrogen-bond donors (Lipinski definition) is 1. The summed E-state index contributed by atoms with van der Waals surface area (Å²) in [5.74, 6) is 1.61. The maximum absolute atomic E-state index is 5.18. The van der Waals surface area contributed by atoms with Crippen molar-refractivity contribution in [2.75, 3.05) is 27.7 Å². The average molecular weight is 264 g/mol. The van der Waals surface area contributed by atoms with Crippen molar-refractivity contribution >= 4 is 0 Å². The van der Waals surface area contributed by atoms with Gasteiger partial charge >= 0.3 is 0 Å². The van der Waals surface area contributed by atoms with Crippen LogP contribution in [0.15, 0.2) is 24.3 Å². The van der Waals surface area contributed by atoms with E-state index in [0.717, 1.165) is 18.8 Å². The average Bonchev–Trinajstić information content (AvgIpc) is 2.44. The number of rotatable bonds is 8. The Balaban J connectivity index is 2.51. The summed E-state index contributed by atoms with van der Waals surface area (Å²) in [7, 11) is 5.93. The van der Waals surface area contributed by atoms with Crippen molar-refractivity contribution in [2.24, 2.45) is 5.92 Å². The Bertz CT molecular complexity index is 350. The zero-order valence-electron chi connectivity index (χ0n) is 12.9. The van der Waals surface area contributed by atoms with E-state index in [1.807, 2.05) is 12.1 Å². The van der Waals surface area contributed by atoms with Gasteiger partial charge in [-0.1, -0.05) is 32.4 Å². The molecule has 3 nitrogen and oxygen atoms in total. The first kappa shape index (κ1) is 16.0. The number of ether oxygens (including phenoxy) is 1. The van der Waals surface area contributed by atoms with Crippen LogP contribution < -0.4 is 10.1 Å². The van der Waals surface area contributed by atoms with Gasteiger partial charge in [0.25, 0.3) is 0 Å². The van der Waals surface area contributed by atoms with Crippen LogP contribution in [-0.2, 0) is 6.54 Å². The SMILES string of the molecule is CCC(C)C(CN(C)Cc1ccc(OC)cc1)NC. The molecular weight excluding hydrogens is 236 g/mol. The summed E-state index contributed by atoms with van der Waals surface area (Å²) >= 11 is 0. The van der Waals surface area contributed by atoms with Gasteiger partial charge in [-0.2, -0.15) is 0 Å². The van der Waals surface area contributed by atoms with Crippen LogP contribution in [0.4, 0.5) is 0 Å². The molecule has 1 N–H and O–H groups in total. The highest BCUT2D eigenvalue weighted by Gasteiger charge is 2.15. The molecule has 3 heteroatoms. The van der Waals surface area contributed by atoms with Gasteiger partial charge in [0.2, 0.25) is 0 Å². The molecule has 2 unspecified atom stereocenters. The van der Waals surface area contributed by atoms with Crippen LogP contribution >= 0.6 is 0 Å². The van der Waals surface area contributed by atoms with Gasteiger partial charge in [0, 0.05) is 19.1 Å². The summed E-state index contributed by atoms with van der Waals surface area (Å²) in [5.41, 5.74) is 1.32.